The van der Waals surface area contributed by atoms with E-state index in [1.807, 2.05) is 11.8 Å². The SMILES string of the molecule is Nc1nc(C2CCCCS2)ncc1Br. The van der Waals surface area contributed by atoms with E-state index >= 15 is 0 Å². The molecule has 1 aromatic heterocycles. The number of nitrogens with two attached hydrogens (primary N) is 1. The monoisotopic (exact) mass is 273 g/mol. The van der Waals surface area contributed by atoms with Gasteiger partial charge < -0.3 is 5.73 Å². The summed E-state index contributed by atoms with van der Waals surface area (Å²) in [7, 11) is 0. The molecule has 0 aromatic carbocycles. The minimum Gasteiger partial charge on any atom is -0.383 e. The molecule has 2 rings (SSSR count). The van der Waals surface area contributed by atoms with E-state index < -0.39 is 0 Å². The molecule has 1 saturated heterocycles. The maximum absolute atomic E-state index is 5.72. The molecule has 0 spiro atoms. The van der Waals surface area contributed by atoms with Crippen molar-refractivity contribution in [2.75, 3.05) is 11.5 Å². The van der Waals surface area contributed by atoms with Crippen LogP contribution in [-0.4, -0.2) is 15.7 Å². The fourth-order valence-corrected chi connectivity index (χ4v) is 2.94. The van der Waals surface area contributed by atoms with E-state index in [-0.39, 0.29) is 0 Å². The van der Waals surface area contributed by atoms with Crippen molar-refractivity contribution in [3.8, 4) is 0 Å². The zero-order valence-corrected chi connectivity index (χ0v) is 10.1. The molecule has 1 fully saturated rings. The van der Waals surface area contributed by atoms with Gasteiger partial charge in [0.2, 0.25) is 0 Å². The highest BCUT2D eigenvalue weighted by atomic mass is 79.9. The number of rotatable bonds is 1. The molecule has 14 heavy (non-hydrogen) atoms. The van der Waals surface area contributed by atoms with E-state index in [1.165, 1.54) is 25.0 Å². The van der Waals surface area contributed by atoms with E-state index in [0.717, 1.165) is 10.3 Å². The zero-order valence-electron chi connectivity index (χ0n) is 7.74. The lowest BCUT2D eigenvalue weighted by atomic mass is 10.2. The van der Waals surface area contributed by atoms with Crippen molar-refractivity contribution in [1.29, 1.82) is 0 Å². The van der Waals surface area contributed by atoms with Gasteiger partial charge in [-0.15, -0.1) is 0 Å². The van der Waals surface area contributed by atoms with Crippen molar-refractivity contribution in [3.63, 3.8) is 0 Å². The predicted molar refractivity (Wildman–Crippen MR) is 63.2 cm³/mol. The molecule has 0 bridgehead atoms. The Balaban J connectivity index is 2.18. The van der Waals surface area contributed by atoms with Crippen LogP contribution in [0.2, 0.25) is 0 Å². The molecule has 1 aliphatic heterocycles. The Bertz CT molecular complexity index is 326. The standard InChI is InChI=1S/C9H12BrN3S/c10-6-5-12-9(13-8(6)11)7-3-1-2-4-14-7/h5,7H,1-4H2,(H2,11,12,13). The molecule has 0 aliphatic carbocycles. The Kier molecular flexibility index (Phi) is 3.28. The number of nitrogens with zero attached hydrogens (tertiary/aromatic N) is 2. The second-order valence-electron chi connectivity index (χ2n) is 3.32. The minimum absolute atomic E-state index is 0.444. The third-order valence-electron chi connectivity index (χ3n) is 2.26. The molecular weight excluding hydrogens is 262 g/mol. The topological polar surface area (TPSA) is 51.8 Å². The van der Waals surface area contributed by atoms with Crippen LogP contribution >= 0.6 is 27.7 Å². The molecule has 5 heteroatoms. The molecule has 2 N–H and O–H groups in total. The van der Waals surface area contributed by atoms with Crippen LogP contribution in [0.4, 0.5) is 5.82 Å². The van der Waals surface area contributed by atoms with Crippen molar-refractivity contribution in [3.05, 3.63) is 16.5 Å². The van der Waals surface area contributed by atoms with Gasteiger partial charge in [0.05, 0.1) is 9.72 Å². The molecule has 0 saturated carbocycles. The van der Waals surface area contributed by atoms with Gasteiger partial charge >= 0.3 is 0 Å². The van der Waals surface area contributed by atoms with Crippen LogP contribution in [0.25, 0.3) is 0 Å². The highest BCUT2D eigenvalue weighted by Crippen LogP contribution is 2.36. The summed E-state index contributed by atoms with van der Waals surface area (Å²) in [6.45, 7) is 0. The van der Waals surface area contributed by atoms with Gasteiger partial charge in [-0.3, -0.25) is 0 Å². The lowest BCUT2D eigenvalue weighted by Gasteiger charge is -2.19. The molecule has 0 amide bonds. The average molecular weight is 274 g/mol. The number of nitrogen functional groups attached to an aromatic ring is 1. The molecule has 2 heterocycles. The van der Waals surface area contributed by atoms with E-state index in [1.54, 1.807) is 6.20 Å². The van der Waals surface area contributed by atoms with E-state index in [9.17, 15) is 0 Å². The van der Waals surface area contributed by atoms with Crippen molar-refractivity contribution >= 4 is 33.5 Å². The van der Waals surface area contributed by atoms with Gasteiger partial charge in [0.15, 0.2) is 0 Å². The lowest BCUT2D eigenvalue weighted by Crippen LogP contribution is -2.08. The highest BCUT2D eigenvalue weighted by molar-refractivity contribution is 9.10. The van der Waals surface area contributed by atoms with Gasteiger partial charge in [-0.1, -0.05) is 6.42 Å². The Hall–Kier alpha value is -0.290. The third-order valence-corrected chi connectivity index (χ3v) is 4.24. The summed E-state index contributed by atoms with van der Waals surface area (Å²) in [5.74, 6) is 2.64. The third kappa shape index (κ3) is 2.20. The van der Waals surface area contributed by atoms with E-state index in [2.05, 4.69) is 25.9 Å². The van der Waals surface area contributed by atoms with Gasteiger partial charge in [0, 0.05) is 6.20 Å². The maximum Gasteiger partial charge on any atom is 0.143 e. The molecule has 0 radical (unpaired) electrons. The maximum atomic E-state index is 5.72. The predicted octanol–water partition coefficient (Wildman–Crippen LogP) is 2.78. The fraction of sp³-hybridized carbons (Fsp3) is 0.556. The van der Waals surface area contributed by atoms with Crippen molar-refractivity contribution in [1.82, 2.24) is 9.97 Å². The summed E-state index contributed by atoms with van der Waals surface area (Å²) in [5, 5.41) is 0.444. The summed E-state index contributed by atoms with van der Waals surface area (Å²) in [6, 6.07) is 0. The Morgan fingerprint density at radius 3 is 3.00 bits per heavy atom. The van der Waals surface area contributed by atoms with Gasteiger partial charge in [-0.2, -0.15) is 11.8 Å². The first-order chi connectivity index (χ1) is 6.77. The molecule has 1 aromatic rings. The normalized spacial score (nSPS) is 22.2. The van der Waals surface area contributed by atoms with Crippen LogP contribution in [0.1, 0.15) is 30.3 Å². The van der Waals surface area contributed by atoms with Crippen molar-refractivity contribution < 1.29 is 0 Å². The minimum atomic E-state index is 0.444. The van der Waals surface area contributed by atoms with Crippen LogP contribution in [0.3, 0.4) is 0 Å². The second-order valence-corrected chi connectivity index (χ2v) is 5.48. The summed E-state index contributed by atoms with van der Waals surface area (Å²) in [5.41, 5.74) is 5.72. The second kappa shape index (κ2) is 4.49. The molecule has 1 aliphatic rings. The lowest BCUT2D eigenvalue weighted by molar-refractivity contribution is 0.662. The zero-order chi connectivity index (χ0) is 9.97. The fourth-order valence-electron chi connectivity index (χ4n) is 1.49. The highest BCUT2D eigenvalue weighted by Gasteiger charge is 2.19. The van der Waals surface area contributed by atoms with Crippen LogP contribution in [0.5, 0.6) is 0 Å². The van der Waals surface area contributed by atoms with Gasteiger partial charge in [0.25, 0.3) is 0 Å². The van der Waals surface area contributed by atoms with Crippen LogP contribution in [-0.2, 0) is 0 Å². The summed E-state index contributed by atoms with van der Waals surface area (Å²) < 4.78 is 0.780. The smallest absolute Gasteiger partial charge is 0.143 e. The van der Waals surface area contributed by atoms with Crippen LogP contribution < -0.4 is 5.73 Å². The van der Waals surface area contributed by atoms with Crippen LogP contribution in [0, 0.1) is 0 Å². The molecular formula is C9H12BrN3S. The number of anilines is 1. The molecule has 1 unspecified atom stereocenters. The first-order valence-corrected chi connectivity index (χ1v) is 6.51. The summed E-state index contributed by atoms with van der Waals surface area (Å²) >= 11 is 5.23. The van der Waals surface area contributed by atoms with E-state index in [4.69, 9.17) is 5.73 Å². The summed E-state index contributed by atoms with van der Waals surface area (Å²) in [4.78, 5) is 8.60. The van der Waals surface area contributed by atoms with E-state index in [0.29, 0.717) is 11.1 Å². The van der Waals surface area contributed by atoms with Crippen molar-refractivity contribution in [2.45, 2.75) is 24.5 Å². The van der Waals surface area contributed by atoms with Gasteiger partial charge in [0.1, 0.15) is 11.6 Å². The first-order valence-electron chi connectivity index (χ1n) is 4.67. The number of thioether (sulfide) groups is 1. The Morgan fingerprint density at radius 1 is 1.50 bits per heavy atom. The average Bonchev–Trinajstić information content (AvgIpc) is 2.23. The van der Waals surface area contributed by atoms with Crippen LogP contribution in [0.15, 0.2) is 10.7 Å². The number of hydrogen-bond donors (Lipinski definition) is 1. The Labute approximate surface area is 96.0 Å². The number of hydrogen-bond acceptors (Lipinski definition) is 4. The first kappa shape index (κ1) is 10.2. The Morgan fingerprint density at radius 2 is 2.36 bits per heavy atom. The molecule has 3 nitrogen and oxygen atoms in total. The largest absolute Gasteiger partial charge is 0.383 e. The van der Waals surface area contributed by atoms with Gasteiger partial charge in [-0.25, -0.2) is 9.97 Å². The quantitative estimate of drug-likeness (QED) is 0.855. The number of aromatic nitrogens is 2. The van der Waals surface area contributed by atoms with Gasteiger partial charge in [-0.05, 0) is 34.5 Å². The molecule has 1 atom stereocenters. The summed E-state index contributed by atoms with van der Waals surface area (Å²) in [6.07, 6.45) is 5.50. The molecule has 76 valence electrons. The van der Waals surface area contributed by atoms with Crippen molar-refractivity contribution in [2.24, 2.45) is 0 Å². The number of halogens is 1.